The predicted molar refractivity (Wildman–Crippen MR) is 89.5 cm³/mol. The second kappa shape index (κ2) is 6.72. The molecule has 0 aliphatic heterocycles. The first kappa shape index (κ1) is 16.0. The number of carbonyl (C=O) groups excluding carboxylic acids is 1. The molecule has 0 spiro atoms. The number of carbonyl (C=O) groups is 1. The normalized spacial score (nSPS) is 10.5. The van der Waals surface area contributed by atoms with Gasteiger partial charge < -0.3 is 10.1 Å². The summed E-state index contributed by atoms with van der Waals surface area (Å²) in [5, 5.41) is 7.16. The molecular formula is C17H13ClFN3O2. The molecule has 122 valence electrons. The fourth-order valence-electron chi connectivity index (χ4n) is 2.13. The van der Waals surface area contributed by atoms with Gasteiger partial charge in [0.2, 0.25) is 0 Å². The lowest BCUT2D eigenvalue weighted by Gasteiger charge is -2.07. The van der Waals surface area contributed by atoms with Gasteiger partial charge in [0.25, 0.3) is 5.91 Å². The molecular weight excluding hydrogens is 333 g/mol. The van der Waals surface area contributed by atoms with Gasteiger partial charge in [-0.25, -0.2) is 9.07 Å². The number of aromatic nitrogens is 2. The number of methoxy groups -OCH3 is 1. The van der Waals surface area contributed by atoms with Gasteiger partial charge in [-0.15, -0.1) is 0 Å². The van der Waals surface area contributed by atoms with Crippen LogP contribution in [0, 0.1) is 5.82 Å². The van der Waals surface area contributed by atoms with E-state index in [9.17, 15) is 9.18 Å². The minimum Gasteiger partial charge on any atom is -0.497 e. The van der Waals surface area contributed by atoms with Crippen LogP contribution in [0.4, 0.5) is 10.1 Å². The zero-order valence-electron chi connectivity index (χ0n) is 12.7. The Morgan fingerprint density at radius 1 is 1.25 bits per heavy atom. The Morgan fingerprint density at radius 2 is 2.04 bits per heavy atom. The third-order valence-electron chi connectivity index (χ3n) is 3.34. The lowest BCUT2D eigenvalue weighted by Crippen LogP contribution is -2.14. The maximum atomic E-state index is 13.8. The van der Waals surface area contributed by atoms with Crippen LogP contribution in [0.5, 0.6) is 5.75 Å². The molecule has 0 radical (unpaired) electrons. The Balaban J connectivity index is 1.83. The lowest BCUT2D eigenvalue weighted by molar-refractivity contribution is 0.102. The van der Waals surface area contributed by atoms with E-state index in [0.717, 1.165) is 0 Å². The summed E-state index contributed by atoms with van der Waals surface area (Å²) in [6, 6.07) is 12.7. The highest BCUT2D eigenvalue weighted by Gasteiger charge is 2.14. The molecule has 3 rings (SSSR count). The van der Waals surface area contributed by atoms with Crippen LogP contribution in [0.3, 0.4) is 0 Å². The van der Waals surface area contributed by atoms with Crippen molar-refractivity contribution in [3.8, 4) is 11.4 Å². The fraction of sp³-hybridized carbons (Fsp3) is 0.0588. The Morgan fingerprint density at radius 3 is 2.79 bits per heavy atom. The molecule has 5 nitrogen and oxygen atoms in total. The first-order chi connectivity index (χ1) is 11.6. The Hall–Kier alpha value is -2.86. The van der Waals surface area contributed by atoms with Crippen LogP contribution in [-0.4, -0.2) is 22.8 Å². The zero-order chi connectivity index (χ0) is 17.1. The number of rotatable bonds is 4. The molecule has 1 amide bonds. The Kier molecular flexibility index (Phi) is 4.48. The average molecular weight is 346 g/mol. The van der Waals surface area contributed by atoms with E-state index in [1.165, 1.54) is 36.1 Å². The number of nitrogens with zero attached hydrogens (tertiary/aromatic N) is 2. The maximum Gasteiger partial charge on any atom is 0.276 e. The molecule has 1 N–H and O–H groups in total. The van der Waals surface area contributed by atoms with Gasteiger partial charge in [0.05, 0.1) is 23.5 Å². The Labute approximate surface area is 142 Å². The van der Waals surface area contributed by atoms with Crippen LogP contribution in [0.1, 0.15) is 10.5 Å². The van der Waals surface area contributed by atoms with Crippen molar-refractivity contribution in [2.45, 2.75) is 0 Å². The molecule has 0 fully saturated rings. The van der Waals surface area contributed by atoms with Crippen molar-refractivity contribution < 1.29 is 13.9 Å². The molecule has 24 heavy (non-hydrogen) atoms. The number of hydrogen-bond donors (Lipinski definition) is 1. The van der Waals surface area contributed by atoms with Crippen LogP contribution in [0.25, 0.3) is 5.69 Å². The summed E-state index contributed by atoms with van der Waals surface area (Å²) in [4.78, 5) is 12.3. The van der Waals surface area contributed by atoms with Crippen LogP contribution in [-0.2, 0) is 0 Å². The first-order valence-corrected chi connectivity index (χ1v) is 7.42. The first-order valence-electron chi connectivity index (χ1n) is 7.04. The number of nitrogens with one attached hydrogen (secondary N) is 1. The summed E-state index contributed by atoms with van der Waals surface area (Å²) in [6.45, 7) is 0. The summed E-state index contributed by atoms with van der Waals surface area (Å²) < 4.78 is 20.3. The molecule has 2 aromatic carbocycles. The molecule has 0 atom stereocenters. The lowest BCUT2D eigenvalue weighted by atomic mass is 10.2. The standard InChI is InChI=1S/C17H13ClFN3O2/c1-24-11-6-7-13(19)15(10-11)20-17(23)14-8-9-22(21-14)16-5-3-2-4-12(16)18/h2-10H,1H3,(H,20,23). The van der Waals surface area contributed by atoms with Crippen LogP contribution in [0.15, 0.2) is 54.7 Å². The monoisotopic (exact) mass is 345 g/mol. The van der Waals surface area contributed by atoms with E-state index < -0.39 is 11.7 Å². The zero-order valence-corrected chi connectivity index (χ0v) is 13.4. The second-order valence-corrected chi connectivity index (χ2v) is 5.30. The largest absolute Gasteiger partial charge is 0.497 e. The highest BCUT2D eigenvalue weighted by atomic mass is 35.5. The summed E-state index contributed by atoms with van der Waals surface area (Å²) in [5.41, 5.74) is 0.801. The van der Waals surface area contributed by atoms with E-state index in [1.807, 2.05) is 6.07 Å². The van der Waals surface area contributed by atoms with Crippen LogP contribution in [0.2, 0.25) is 5.02 Å². The van der Waals surface area contributed by atoms with E-state index in [1.54, 1.807) is 24.4 Å². The summed E-state index contributed by atoms with van der Waals surface area (Å²) >= 11 is 6.11. The number of anilines is 1. The molecule has 1 aromatic heterocycles. The molecule has 0 bridgehead atoms. The van der Waals surface area contributed by atoms with Gasteiger partial charge in [-0.3, -0.25) is 4.79 Å². The van der Waals surface area contributed by atoms with Crippen molar-refractivity contribution in [1.82, 2.24) is 9.78 Å². The summed E-state index contributed by atoms with van der Waals surface area (Å²) in [6.07, 6.45) is 1.61. The fourth-order valence-corrected chi connectivity index (χ4v) is 2.35. The molecule has 1 heterocycles. The Bertz CT molecular complexity index is 895. The topological polar surface area (TPSA) is 56.1 Å². The van der Waals surface area contributed by atoms with E-state index in [0.29, 0.717) is 16.5 Å². The third-order valence-corrected chi connectivity index (χ3v) is 3.66. The summed E-state index contributed by atoms with van der Waals surface area (Å²) in [5.74, 6) is -0.657. The van der Waals surface area contributed by atoms with Crippen LogP contribution < -0.4 is 10.1 Å². The van der Waals surface area contributed by atoms with Gasteiger partial charge in [0.1, 0.15) is 11.6 Å². The number of para-hydroxylation sites is 1. The van der Waals surface area contributed by atoms with Gasteiger partial charge in [-0.1, -0.05) is 23.7 Å². The smallest absolute Gasteiger partial charge is 0.276 e. The molecule has 0 aliphatic carbocycles. The van der Waals surface area contributed by atoms with Crippen molar-refractivity contribution >= 4 is 23.2 Å². The molecule has 0 unspecified atom stereocenters. The van der Waals surface area contributed by atoms with Crippen molar-refractivity contribution in [1.29, 1.82) is 0 Å². The number of halogens is 2. The molecule has 0 aliphatic rings. The molecule has 0 saturated carbocycles. The number of benzene rings is 2. The third kappa shape index (κ3) is 3.23. The van der Waals surface area contributed by atoms with E-state index in [2.05, 4.69) is 10.4 Å². The minimum atomic E-state index is -0.560. The molecule has 0 saturated heterocycles. The highest BCUT2D eigenvalue weighted by Crippen LogP contribution is 2.22. The SMILES string of the molecule is COc1ccc(F)c(NC(=O)c2ccn(-c3ccccc3Cl)n2)c1. The maximum absolute atomic E-state index is 13.8. The van der Waals surface area contributed by atoms with E-state index >= 15 is 0 Å². The highest BCUT2D eigenvalue weighted by molar-refractivity contribution is 6.32. The van der Waals surface area contributed by atoms with Crippen molar-refractivity contribution in [2.75, 3.05) is 12.4 Å². The average Bonchev–Trinajstić information content (AvgIpc) is 3.07. The van der Waals surface area contributed by atoms with Gasteiger partial charge in [-0.05, 0) is 30.3 Å². The molecule has 7 heteroatoms. The quantitative estimate of drug-likeness (QED) is 0.779. The van der Waals surface area contributed by atoms with Gasteiger partial charge in [0.15, 0.2) is 5.69 Å². The van der Waals surface area contributed by atoms with Gasteiger partial charge >= 0.3 is 0 Å². The molecule has 3 aromatic rings. The predicted octanol–water partition coefficient (Wildman–Crippen LogP) is 3.93. The number of amides is 1. The summed E-state index contributed by atoms with van der Waals surface area (Å²) in [7, 11) is 1.46. The van der Waals surface area contributed by atoms with Gasteiger partial charge in [0, 0.05) is 12.3 Å². The van der Waals surface area contributed by atoms with Gasteiger partial charge in [-0.2, -0.15) is 5.10 Å². The van der Waals surface area contributed by atoms with Crippen LogP contribution >= 0.6 is 11.6 Å². The minimum absolute atomic E-state index is 0.0200. The van der Waals surface area contributed by atoms with E-state index in [-0.39, 0.29) is 11.4 Å². The number of hydrogen-bond acceptors (Lipinski definition) is 3. The van der Waals surface area contributed by atoms with Crippen molar-refractivity contribution in [3.05, 3.63) is 71.3 Å². The number of ether oxygens (including phenoxy) is 1. The van der Waals surface area contributed by atoms with Crippen molar-refractivity contribution in [2.24, 2.45) is 0 Å². The van der Waals surface area contributed by atoms with Crippen molar-refractivity contribution in [3.63, 3.8) is 0 Å². The van der Waals surface area contributed by atoms with E-state index in [4.69, 9.17) is 16.3 Å². The second-order valence-electron chi connectivity index (χ2n) is 4.90.